The van der Waals surface area contributed by atoms with Gasteiger partial charge in [-0.3, -0.25) is 14.2 Å². The van der Waals surface area contributed by atoms with Crippen molar-refractivity contribution in [2.24, 2.45) is 0 Å². The lowest BCUT2D eigenvalue weighted by Crippen LogP contribution is -2.56. The number of carboxylic acid groups (broad SMARTS) is 1. The van der Waals surface area contributed by atoms with Gasteiger partial charge < -0.3 is 15.1 Å². The van der Waals surface area contributed by atoms with Crippen LogP contribution in [0.3, 0.4) is 0 Å². The third kappa shape index (κ3) is 2.96. The summed E-state index contributed by atoms with van der Waals surface area (Å²) in [7, 11) is 0. The average Bonchev–Trinajstić information content (AvgIpc) is 2.63. The standard InChI is InChI=1S/C18H18FN3O6/c1-18(2,16(26)27)22-15(25)13(23)12-14(24)20(7-8-21(12)17(22)28)9-10-3-5-11(19)6-4-10/h3-6,23H,7-9H2,1-2H3,(H,26,27). The minimum atomic E-state index is -1.91. The van der Waals surface area contributed by atoms with E-state index in [2.05, 4.69) is 0 Å². The Bertz CT molecular complexity index is 1080. The lowest BCUT2D eigenvalue weighted by atomic mass is 10.1. The number of aromatic nitrogens is 2. The Balaban J connectivity index is 2.07. The van der Waals surface area contributed by atoms with Crippen LogP contribution in [0.4, 0.5) is 4.39 Å². The lowest BCUT2D eigenvalue weighted by molar-refractivity contribution is -0.146. The van der Waals surface area contributed by atoms with Crippen LogP contribution in [0.15, 0.2) is 33.9 Å². The molecule has 10 heteroatoms. The first kappa shape index (κ1) is 19.3. The van der Waals surface area contributed by atoms with Gasteiger partial charge in [-0.2, -0.15) is 0 Å². The van der Waals surface area contributed by atoms with Crippen LogP contribution in [-0.4, -0.2) is 42.7 Å². The normalized spacial score (nSPS) is 14.1. The van der Waals surface area contributed by atoms with Crippen molar-refractivity contribution in [3.63, 3.8) is 0 Å². The molecular formula is C18H18FN3O6. The topological polar surface area (TPSA) is 122 Å². The molecule has 0 aliphatic carbocycles. The largest absolute Gasteiger partial charge is 0.501 e. The zero-order valence-electron chi connectivity index (χ0n) is 15.2. The Kier molecular flexibility index (Phi) is 4.58. The number of amides is 1. The van der Waals surface area contributed by atoms with Gasteiger partial charge in [0.2, 0.25) is 5.75 Å². The summed E-state index contributed by atoms with van der Waals surface area (Å²) in [5, 5.41) is 19.6. The monoisotopic (exact) mass is 391 g/mol. The van der Waals surface area contributed by atoms with E-state index in [1.807, 2.05) is 0 Å². The highest BCUT2D eigenvalue weighted by Crippen LogP contribution is 2.21. The fourth-order valence-electron chi connectivity index (χ4n) is 3.08. The molecule has 1 aromatic carbocycles. The van der Waals surface area contributed by atoms with Gasteiger partial charge in [0, 0.05) is 19.6 Å². The van der Waals surface area contributed by atoms with Gasteiger partial charge in [-0.05, 0) is 31.5 Å². The summed E-state index contributed by atoms with van der Waals surface area (Å²) < 4.78 is 14.4. The van der Waals surface area contributed by atoms with Crippen molar-refractivity contribution in [3.8, 4) is 5.75 Å². The van der Waals surface area contributed by atoms with Gasteiger partial charge in [-0.25, -0.2) is 18.5 Å². The van der Waals surface area contributed by atoms with Crippen molar-refractivity contribution in [2.45, 2.75) is 32.5 Å². The number of nitrogens with zero attached hydrogens (tertiary/aromatic N) is 3. The molecule has 0 saturated carbocycles. The second-order valence-corrected chi connectivity index (χ2v) is 6.99. The maximum absolute atomic E-state index is 13.0. The quantitative estimate of drug-likeness (QED) is 0.775. The van der Waals surface area contributed by atoms with Crippen LogP contribution in [0.1, 0.15) is 29.9 Å². The number of aliphatic carboxylic acids is 1. The Morgan fingerprint density at radius 3 is 2.32 bits per heavy atom. The molecule has 0 spiro atoms. The zero-order chi connectivity index (χ0) is 20.8. The number of carbonyl (C=O) groups is 2. The summed E-state index contributed by atoms with van der Waals surface area (Å²) in [4.78, 5) is 50.8. The molecule has 28 heavy (non-hydrogen) atoms. The minimum Gasteiger partial charge on any atom is -0.501 e. The Hall–Kier alpha value is -3.43. The molecule has 2 aromatic rings. The Morgan fingerprint density at radius 1 is 1.14 bits per heavy atom. The van der Waals surface area contributed by atoms with E-state index in [1.54, 1.807) is 0 Å². The Labute approximate surface area is 157 Å². The van der Waals surface area contributed by atoms with Crippen molar-refractivity contribution < 1.29 is 24.2 Å². The van der Waals surface area contributed by atoms with Crippen molar-refractivity contribution in [2.75, 3.05) is 6.54 Å². The molecule has 1 aromatic heterocycles. The van der Waals surface area contributed by atoms with Gasteiger partial charge in [-0.1, -0.05) is 12.1 Å². The molecule has 1 amide bonds. The number of rotatable bonds is 4. The Morgan fingerprint density at radius 2 is 1.75 bits per heavy atom. The summed E-state index contributed by atoms with van der Waals surface area (Å²) in [5.74, 6) is -3.60. The molecule has 0 bridgehead atoms. The first-order valence-electron chi connectivity index (χ1n) is 8.42. The number of carboxylic acids is 1. The third-order valence-corrected chi connectivity index (χ3v) is 4.77. The van der Waals surface area contributed by atoms with Crippen LogP contribution >= 0.6 is 0 Å². The van der Waals surface area contributed by atoms with Crippen molar-refractivity contribution in [1.29, 1.82) is 0 Å². The van der Waals surface area contributed by atoms with Crippen LogP contribution < -0.4 is 11.2 Å². The van der Waals surface area contributed by atoms with Gasteiger partial charge in [0.1, 0.15) is 11.4 Å². The van der Waals surface area contributed by atoms with E-state index in [1.165, 1.54) is 29.2 Å². The third-order valence-electron chi connectivity index (χ3n) is 4.77. The number of carbonyl (C=O) groups excluding carboxylic acids is 1. The lowest BCUT2D eigenvalue weighted by Gasteiger charge is -2.31. The molecule has 9 nitrogen and oxygen atoms in total. The van der Waals surface area contributed by atoms with Crippen LogP contribution in [-0.2, 0) is 23.4 Å². The van der Waals surface area contributed by atoms with Crippen molar-refractivity contribution in [3.05, 3.63) is 62.2 Å². The zero-order valence-corrected chi connectivity index (χ0v) is 15.2. The van der Waals surface area contributed by atoms with Crippen molar-refractivity contribution >= 4 is 11.9 Å². The highest BCUT2D eigenvalue weighted by molar-refractivity contribution is 5.95. The molecule has 0 radical (unpaired) electrons. The second kappa shape index (κ2) is 6.63. The van der Waals surface area contributed by atoms with Crippen molar-refractivity contribution in [1.82, 2.24) is 14.0 Å². The van der Waals surface area contributed by atoms with E-state index in [0.717, 1.165) is 18.4 Å². The number of halogens is 1. The van der Waals surface area contributed by atoms with E-state index in [-0.39, 0.29) is 19.6 Å². The average molecular weight is 391 g/mol. The predicted molar refractivity (Wildman–Crippen MR) is 94.7 cm³/mol. The van der Waals surface area contributed by atoms with Crippen LogP contribution in [0.5, 0.6) is 5.75 Å². The van der Waals surface area contributed by atoms with Gasteiger partial charge in [0.15, 0.2) is 5.69 Å². The molecular weight excluding hydrogens is 373 g/mol. The fraction of sp³-hybridized carbons (Fsp3) is 0.333. The smallest absolute Gasteiger partial charge is 0.332 e. The summed E-state index contributed by atoms with van der Waals surface area (Å²) in [5.41, 5.74) is -4.01. The molecule has 1 aliphatic heterocycles. The number of fused-ring (bicyclic) bond motifs is 1. The summed E-state index contributed by atoms with van der Waals surface area (Å²) >= 11 is 0. The van der Waals surface area contributed by atoms with Crippen LogP contribution in [0, 0.1) is 5.82 Å². The number of aromatic hydroxyl groups is 1. The minimum absolute atomic E-state index is 0.0371. The maximum atomic E-state index is 13.0. The van der Waals surface area contributed by atoms with Gasteiger partial charge >= 0.3 is 11.7 Å². The number of benzene rings is 1. The fourth-order valence-corrected chi connectivity index (χ4v) is 3.08. The summed E-state index contributed by atoms with van der Waals surface area (Å²) in [6.45, 7) is 2.45. The number of hydrogen-bond donors (Lipinski definition) is 2. The molecule has 0 unspecified atom stereocenters. The van der Waals surface area contributed by atoms with E-state index >= 15 is 0 Å². The molecule has 0 saturated heterocycles. The summed E-state index contributed by atoms with van der Waals surface area (Å²) in [6.07, 6.45) is 0. The van der Waals surface area contributed by atoms with Gasteiger partial charge in [0.05, 0.1) is 0 Å². The van der Waals surface area contributed by atoms with E-state index in [9.17, 15) is 33.8 Å². The summed E-state index contributed by atoms with van der Waals surface area (Å²) in [6, 6.07) is 5.48. The van der Waals surface area contributed by atoms with Gasteiger partial charge in [0.25, 0.3) is 11.5 Å². The number of hydrogen-bond acceptors (Lipinski definition) is 5. The highest BCUT2D eigenvalue weighted by atomic mass is 19.1. The van der Waals surface area contributed by atoms with Crippen LogP contribution in [0.25, 0.3) is 0 Å². The van der Waals surface area contributed by atoms with Crippen LogP contribution in [0.2, 0.25) is 0 Å². The molecule has 0 fully saturated rings. The SMILES string of the molecule is CC(C)(C(=O)O)n1c(=O)c(O)c2n(c1=O)CCN(Cc1ccc(F)cc1)C2=O. The predicted octanol–water partition coefficient (Wildman–Crippen LogP) is 0.330. The first-order valence-corrected chi connectivity index (χ1v) is 8.42. The molecule has 3 rings (SSSR count). The van der Waals surface area contributed by atoms with Gasteiger partial charge in [-0.15, -0.1) is 0 Å². The van der Waals surface area contributed by atoms with E-state index in [4.69, 9.17) is 0 Å². The molecule has 1 aliphatic rings. The molecule has 2 heterocycles. The highest BCUT2D eigenvalue weighted by Gasteiger charge is 2.38. The van der Waals surface area contributed by atoms with E-state index < -0.39 is 45.9 Å². The second-order valence-electron chi connectivity index (χ2n) is 6.99. The first-order chi connectivity index (χ1) is 13.1. The molecule has 148 valence electrons. The maximum Gasteiger partial charge on any atom is 0.332 e. The molecule has 2 N–H and O–H groups in total. The molecule has 0 atom stereocenters. The van der Waals surface area contributed by atoms with E-state index in [0.29, 0.717) is 10.1 Å².